The Kier molecular flexibility index (Phi) is 12.5. The Morgan fingerprint density at radius 1 is 0.800 bits per heavy atom. The molecule has 0 fully saturated rings. The molecule has 0 aromatic heterocycles. The molecule has 0 unspecified atom stereocenters. The smallest absolute Gasteiger partial charge is 0.365 e. The van der Waals surface area contributed by atoms with E-state index < -0.39 is 20.3 Å². The average molecular weight is 382 g/mol. The van der Waals surface area contributed by atoms with E-state index in [-0.39, 0.29) is 0 Å². The van der Waals surface area contributed by atoms with Crippen molar-refractivity contribution in [1.29, 1.82) is 0 Å². The van der Waals surface area contributed by atoms with Gasteiger partial charge in [0.15, 0.2) is 8.24 Å². The Morgan fingerprint density at radius 3 is 1.52 bits per heavy atom. The van der Waals surface area contributed by atoms with Gasteiger partial charge in [-0.05, 0) is 6.04 Å². The predicted octanol–water partition coefficient (Wildman–Crippen LogP) is 6.91. The average Bonchev–Trinajstić information content (AvgIpc) is 2.53. The fourth-order valence-corrected chi connectivity index (χ4v) is 5.16. The molecule has 0 radical (unpaired) electrons. The van der Waals surface area contributed by atoms with Crippen LogP contribution in [0.3, 0.4) is 0 Å². The van der Waals surface area contributed by atoms with Crippen LogP contribution in [0.25, 0.3) is 0 Å². The molecule has 1 amide bonds. The van der Waals surface area contributed by atoms with Crippen LogP contribution in [-0.4, -0.2) is 31.9 Å². The van der Waals surface area contributed by atoms with Crippen LogP contribution >= 0.6 is 0 Å². The van der Waals surface area contributed by atoms with E-state index in [0.717, 1.165) is 29.9 Å². The van der Waals surface area contributed by atoms with Gasteiger partial charge in [0, 0.05) is 7.05 Å². The van der Waals surface area contributed by atoms with Crippen molar-refractivity contribution in [2.75, 3.05) is 7.05 Å². The van der Waals surface area contributed by atoms with Crippen molar-refractivity contribution in [3.63, 3.8) is 0 Å². The summed E-state index contributed by atoms with van der Waals surface area (Å²) in [6.45, 7) is 5.92. The Hall–Kier alpha value is -0.523. The fraction of sp³-hybridized carbons (Fsp3) is 0.947. The molecular weight excluding hydrogens is 343 g/mol. The van der Waals surface area contributed by atoms with Crippen molar-refractivity contribution < 1.29 is 18.0 Å². The highest BCUT2D eigenvalue weighted by Gasteiger charge is 2.45. The quantitative estimate of drug-likeness (QED) is 0.236. The normalized spacial score (nSPS) is 12.4. The lowest BCUT2D eigenvalue weighted by Crippen LogP contribution is -2.53. The summed E-state index contributed by atoms with van der Waals surface area (Å²) in [7, 11) is -1.01. The third kappa shape index (κ3) is 11.7. The van der Waals surface area contributed by atoms with Crippen LogP contribution in [0.1, 0.15) is 84.0 Å². The summed E-state index contributed by atoms with van der Waals surface area (Å²) in [5, 5.41) is 0. The highest BCUT2D eigenvalue weighted by molar-refractivity contribution is 6.76. The first-order valence-corrected chi connectivity index (χ1v) is 13.1. The Balaban J connectivity index is 3.68. The molecule has 0 saturated carbocycles. The molecule has 0 rings (SSSR count). The van der Waals surface area contributed by atoms with Gasteiger partial charge >= 0.3 is 12.1 Å². The van der Waals surface area contributed by atoms with Gasteiger partial charge in [-0.1, -0.05) is 97.1 Å². The highest BCUT2D eigenvalue weighted by Crippen LogP contribution is 2.25. The molecule has 0 aromatic carbocycles. The summed E-state index contributed by atoms with van der Waals surface area (Å²) in [5.74, 6) is -1.69. The van der Waals surface area contributed by atoms with E-state index in [1.165, 1.54) is 64.8 Å². The predicted molar refractivity (Wildman–Crippen MR) is 102 cm³/mol. The number of halogens is 3. The molecule has 25 heavy (non-hydrogen) atoms. The number of rotatable bonds is 14. The van der Waals surface area contributed by atoms with Crippen LogP contribution < -0.4 is 0 Å². The van der Waals surface area contributed by atoms with E-state index in [9.17, 15) is 18.0 Å². The van der Waals surface area contributed by atoms with Crippen LogP contribution in [0.15, 0.2) is 0 Å². The molecule has 0 saturated heterocycles. The molecule has 0 atom stereocenters. The van der Waals surface area contributed by atoms with Crippen LogP contribution in [-0.2, 0) is 4.79 Å². The molecule has 0 bridgehead atoms. The van der Waals surface area contributed by atoms with Gasteiger partial charge in [-0.15, -0.1) is 0 Å². The first-order valence-electron chi connectivity index (χ1n) is 9.98. The minimum atomic E-state index is -4.75. The molecule has 2 nitrogen and oxygen atoms in total. The van der Waals surface area contributed by atoms with Crippen LogP contribution in [0.5, 0.6) is 0 Å². The lowest BCUT2D eigenvalue weighted by molar-refractivity contribution is -0.179. The second-order valence-corrected chi connectivity index (χ2v) is 12.6. The molecular formula is C19H38F3NOSi. The lowest BCUT2D eigenvalue weighted by atomic mass is 10.1. The fourth-order valence-electron chi connectivity index (χ4n) is 3.03. The van der Waals surface area contributed by atoms with Crippen molar-refractivity contribution in [2.24, 2.45) is 0 Å². The second kappa shape index (κ2) is 12.8. The summed E-state index contributed by atoms with van der Waals surface area (Å²) in [6.07, 6.45) is 10.2. The van der Waals surface area contributed by atoms with E-state index in [1.54, 1.807) is 0 Å². The SMILES string of the molecule is CCCCCCCCCCCCCC[Si](C)(C)N(C)C(=O)C(F)(F)F. The largest absolute Gasteiger partial charge is 0.470 e. The van der Waals surface area contributed by atoms with Crippen molar-refractivity contribution in [3.8, 4) is 0 Å². The van der Waals surface area contributed by atoms with E-state index in [1.807, 2.05) is 13.1 Å². The van der Waals surface area contributed by atoms with Gasteiger partial charge in [-0.2, -0.15) is 13.2 Å². The van der Waals surface area contributed by atoms with Crippen molar-refractivity contribution in [1.82, 2.24) is 4.57 Å². The maximum Gasteiger partial charge on any atom is 0.470 e. The molecule has 0 spiro atoms. The van der Waals surface area contributed by atoms with E-state index >= 15 is 0 Å². The first kappa shape index (κ1) is 24.5. The lowest BCUT2D eigenvalue weighted by Gasteiger charge is -2.34. The molecule has 0 aliphatic carbocycles. The zero-order valence-corrected chi connectivity index (χ0v) is 17.7. The maximum atomic E-state index is 12.5. The zero-order valence-electron chi connectivity index (χ0n) is 16.7. The third-order valence-corrected chi connectivity index (χ3v) is 8.69. The zero-order chi connectivity index (χ0) is 19.3. The molecule has 0 N–H and O–H groups in total. The van der Waals surface area contributed by atoms with E-state index in [2.05, 4.69) is 6.92 Å². The summed E-state index contributed by atoms with van der Waals surface area (Å²) >= 11 is 0. The monoisotopic (exact) mass is 381 g/mol. The number of hydrogen-bond acceptors (Lipinski definition) is 1. The van der Waals surface area contributed by atoms with Crippen LogP contribution in [0.2, 0.25) is 19.1 Å². The van der Waals surface area contributed by atoms with Gasteiger partial charge < -0.3 is 4.57 Å². The minimum Gasteiger partial charge on any atom is -0.365 e. The first-order chi connectivity index (χ1) is 11.6. The van der Waals surface area contributed by atoms with Gasteiger partial charge in [-0.25, -0.2) is 0 Å². The van der Waals surface area contributed by atoms with Crippen molar-refractivity contribution in [2.45, 2.75) is 109 Å². The van der Waals surface area contributed by atoms with Crippen LogP contribution in [0.4, 0.5) is 13.2 Å². The Labute approximate surface area is 153 Å². The highest BCUT2D eigenvalue weighted by atomic mass is 28.3. The number of hydrogen-bond donors (Lipinski definition) is 0. The van der Waals surface area contributed by atoms with Gasteiger partial charge in [-0.3, -0.25) is 4.79 Å². The summed E-state index contributed by atoms with van der Waals surface area (Å²) < 4.78 is 38.6. The number of amides is 1. The number of nitrogens with zero attached hydrogens (tertiary/aromatic N) is 1. The third-order valence-electron chi connectivity index (χ3n) is 5.10. The summed E-state index contributed by atoms with van der Waals surface area (Å²) in [5.41, 5.74) is 0. The topological polar surface area (TPSA) is 20.3 Å². The molecule has 0 aliphatic rings. The number of unbranched alkanes of at least 4 members (excludes halogenated alkanes) is 11. The molecule has 0 aromatic rings. The van der Waals surface area contributed by atoms with Gasteiger partial charge in [0.1, 0.15) is 0 Å². The minimum absolute atomic E-state index is 0.739. The molecule has 0 aliphatic heterocycles. The standard InChI is InChI=1S/C19H38F3NOSi/c1-5-6-7-8-9-10-11-12-13-14-15-16-17-25(3,4)23(2)18(24)19(20,21)22/h5-17H2,1-4H3. The van der Waals surface area contributed by atoms with Crippen LogP contribution in [0, 0.1) is 0 Å². The summed E-state index contributed by atoms with van der Waals surface area (Å²) in [4.78, 5) is 11.4. The molecule has 150 valence electrons. The van der Waals surface area contributed by atoms with Crippen molar-refractivity contribution >= 4 is 14.1 Å². The number of carbonyl (C=O) groups is 1. The molecule has 0 heterocycles. The van der Waals surface area contributed by atoms with E-state index in [0.29, 0.717) is 0 Å². The Bertz CT molecular complexity index is 359. The van der Waals surface area contributed by atoms with Crippen molar-refractivity contribution in [3.05, 3.63) is 0 Å². The number of carbonyl (C=O) groups excluding carboxylic acids is 1. The summed E-state index contributed by atoms with van der Waals surface area (Å²) in [6, 6.07) is 0.739. The Morgan fingerprint density at radius 2 is 1.16 bits per heavy atom. The van der Waals surface area contributed by atoms with E-state index in [4.69, 9.17) is 0 Å². The van der Waals surface area contributed by atoms with Gasteiger partial charge in [0.05, 0.1) is 0 Å². The maximum absolute atomic E-state index is 12.5. The van der Waals surface area contributed by atoms with Gasteiger partial charge in [0.2, 0.25) is 0 Å². The van der Waals surface area contributed by atoms with Gasteiger partial charge in [0.25, 0.3) is 0 Å². The molecule has 6 heteroatoms. The second-order valence-electron chi connectivity index (χ2n) is 7.81. The number of alkyl halides is 3.